The van der Waals surface area contributed by atoms with Gasteiger partial charge < -0.3 is 0 Å². The van der Waals surface area contributed by atoms with Crippen LogP contribution in [0.25, 0.3) is 0 Å². The fourth-order valence-corrected chi connectivity index (χ4v) is 4.31. The lowest BCUT2D eigenvalue weighted by molar-refractivity contribution is 0.704. The van der Waals surface area contributed by atoms with Crippen molar-refractivity contribution in [1.29, 1.82) is 0 Å². The number of hydrogen-bond donors (Lipinski definition) is 0. The van der Waals surface area contributed by atoms with Crippen LogP contribution in [0.5, 0.6) is 0 Å². The molecule has 0 aliphatic rings. The Morgan fingerprint density at radius 3 is 1.85 bits per heavy atom. The van der Waals surface area contributed by atoms with E-state index in [1.165, 1.54) is 0 Å². The Bertz CT molecular complexity index is 197. The second-order valence-electron chi connectivity index (χ2n) is 5.22. The molecule has 0 saturated heterocycles. The van der Waals surface area contributed by atoms with Gasteiger partial charge in [0.2, 0.25) is 0 Å². The highest BCUT2D eigenvalue weighted by Gasteiger charge is 2.38. The normalized spacial score (nSPS) is 15.4. The molecule has 0 aromatic rings. The molecule has 0 radical (unpaired) electrons. The van der Waals surface area contributed by atoms with Crippen LogP contribution in [0.15, 0.2) is 9.47 Å². The summed E-state index contributed by atoms with van der Waals surface area (Å²) in [5, 5.41) is 0.457. The Morgan fingerprint density at radius 1 is 1.23 bits per heavy atom. The van der Waals surface area contributed by atoms with E-state index in [2.05, 4.69) is 78.7 Å². The summed E-state index contributed by atoms with van der Waals surface area (Å²) in [7, 11) is -1.21. The van der Waals surface area contributed by atoms with Crippen molar-refractivity contribution in [3.05, 3.63) is 9.47 Å². The number of allylic oxidation sites excluding steroid dienone is 1. The molecule has 0 amide bonds. The van der Waals surface area contributed by atoms with Crippen molar-refractivity contribution in [3.63, 3.8) is 0 Å². The first-order valence-corrected chi connectivity index (χ1v) is 9.28. The van der Waals surface area contributed by atoms with Crippen molar-refractivity contribution in [2.45, 2.75) is 51.4 Å². The lowest BCUT2D eigenvalue weighted by Crippen LogP contribution is -2.40. The van der Waals surface area contributed by atoms with Gasteiger partial charge in [-0.15, -0.1) is 0 Å². The lowest BCUT2D eigenvalue weighted by Gasteiger charge is -2.40. The first kappa shape index (κ1) is 13.9. The molecule has 0 N–H and O–H groups in total. The predicted octanol–water partition coefficient (Wildman–Crippen LogP) is 5.52. The Labute approximate surface area is 100 Å². The second-order valence-corrected chi connectivity index (χ2v) is 13.8. The molecular weight excluding hydrogens is 308 g/mol. The molecule has 0 bridgehead atoms. The van der Waals surface area contributed by atoms with E-state index in [4.69, 9.17) is 0 Å². The molecule has 1 unspecified atom stereocenters. The minimum Gasteiger partial charge on any atom is -0.0685 e. The van der Waals surface area contributed by atoms with Crippen LogP contribution < -0.4 is 0 Å². The van der Waals surface area contributed by atoms with Crippen LogP contribution in [0.2, 0.25) is 23.7 Å². The summed E-state index contributed by atoms with van der Waals surface area (Å²) in [6, 6.07) is 0. The summed E-state index contributed by atoms with van der Waals surface area (Å²) in [4.78, 5) is 0. The number of halogens is 2. The molecule has 0 fully saturated rings. The Morgan fingerprint density at radius 2 is 1.62 bits per heavy atom. The van der Waals surface area contributed by atoms with Crippen molar-refractivity contribution in [2.75, 3.05) is 0 Å². The standard InChI is InChI=1S/C10H20Br2Si/c1-8(7-9(11)12)13(5,6)10(2,3)4/h7-8H,1-6H3. The van der Waals surface area contributed by atoms with E-state index in [0.717, 1.165) is 3.39 Å². The van der Waals surface area contributed by atoms with Gasteiger partial charge in [0.15, 0.2) is 0 Å². The predicted molar refractivity (Wildman–Crippen MR) is 72.6 cm³/mol. The van der Waals surface area contributed by atoms with E-state index in [1.807, 2.05) is 0 Å². The van der Waals surface area contributed by atoms with Crippen LogP contribution >= 0.6 is 31.9 Å². The second kappa shape index (κ2) is 4.62. The molecule has 0 aromatic heterocycles. The Hall–Kier alpha value is 0.917. The monoisotopic (exact) mass is 326 g/mol. The van der Waals surface area contributed by atoms with Crippen molar-refractivity contribution >= 4 is 39.9 Å². The van der Waals surface area contributed by atoms with Gasteiger partial charge in [-0.05, 0) is 42.4 Å². The third-order valence-electron chi connectivity index (χ3n) is 3.45. The molecule has 1 atom stereocenters. The first-order valence-electron chi connectivity index (χ1n) is 4.62. The summed E-state index contributed by atoms with van der Waals surface area (Å²) in [6.07, 6.45) is 2.28. The van der Waals surface area contributed by atoms with Gasteiger partial charge in [0.25, 0.3) is 0 Å². The van der Waals surface area contributed by atoms with Crippen LogP contribution in [0.3, 0.4) is 0 Å². The molecule has 0 aromatic carbocycles. The van der Waals surface area contributed by atoms with Crippen LogP contribution in [-0.2, 0) is 0 Å². The summed E-state index contributed by atoms with van der Waals surface area (Å²) in [5.74, 6) is 0. The average molecular weight is 328 g/mol. The van der Waals surface area contributed by atoms with Crippen molar-refractivity contribution in [1.82, 2.24) is 0 Å². The van der Waals surface area contributed by atoms with Crippen molar-refractivity contribution in [3.8, 4) is 0 Å². The zero-order valence-corrected chi connectivity index (χ0v) is 13.6. The zero-order valence-electron chi connectivity index (χ0n) is 9.41. The molecular formula is C10H20Br2Si. The molecule has 0 saturated carbocycles. The van der Waals surface area contributed by atoms with Gasteiger partial charge in [-0.25, -0.2) is 0 Å². The molecule has 13 heavy (non-hydrogen) atoms. The van der Waals surface area contributed by atoms with Crippen molar-refractivity contribution in [2.24, 2.45) is 0 Å². The minimum atomic E-state index is -1.21. The van der Waals surface area contributed by atoms with Gasteiger partial charge >= 0.3 is 0 Å². The van der Waals surface area contributed by atoms with Gasteiger partial charge in [-0.2, -0.15) is 0 Å². The van der Waals surface area contributed by atoms with Gasteiger partial charge in [-0.1, -0.05) is 46.9 Å². The quantitative estimate of drug-likeness (QED) is 0.586. The summed E-state index contributed by atoms with van der Waals surface area (Å²) in [5.41, 5.74) is 0.682. The summed E-state index contributed by atoms with van der Waals surface area (Å²) >= 11 is 6.87. The smallest absolute Gasteiger partial charge is 0.0594 e. The molecule has 0 rings (SSSR count). The molecule has 0 aliphatic heterocycles. The Balaban J connectivity index is 4.75. The van der Waals surface area contributed by atoms with Crippen LogP contribution in [0.1, 0.15) is 27.7 Å². The van der Waals surface area contributed by atoms with Crippen LogP contribution in [-0.4, -0.2) is 8.07 Å². The molecule has 78 valence electrons. The van der Waals surface area contributed by atoms with E-state index < -0.39 is 8.07 Å². The van der Waals surface area contributed by atoms with E-state index in [9.17, 15) is 0 Å². The maximum atomic E-state index is 3.43. The van der Waals surface area contributed by atoms with Crippen LogP contribution in [0.4, 0.5) is 0 Å². The molecule has 3 heteroatoms. The van der Waals surface area contributed by atoms with Gasteiger partial charge in [-0.3, -0.25) is 0 Å². The highest BCUT2D eigenvalue weighted by molar-refractivity contribution is 9.28. The van der Waals surface area contributed by atoms with E-state index >= 15 is 0 Å². The Kier molecular flexibility index (Phi) is 4.95. The van der Waals surface area contributed by atoms with Crippen LogP contribution in [0, 0.1) is 0 Å². The largest absolute Gasteiger partial charge is 0.0685 e. The average Bonchev–Trinajstić information content (AvgIpc) is 1.82. The molecule has 0 heterocycles. The zero-order chi connectivity index (χ0) is 10.9. The highest BCUT2D eigenvalue weighted by atomic mass is 79.9. The topological polar surface area (TPSA) is 0 Å². The third-order valence-corrected chi connectivity index (χ3v) is 10.3. The lowest BCUT2D eigenvalue weighted by atomic mass is 10.2. The minimum absolute atomic E-state index is 0.457. The maximum absolute atomic E-state index is 3.43. The number of rotatable bonds is 2. The fourth-order valence-electron chi connectivity index (χ4n) is 1.08. The summed E-state index contributed by atoms with van der Waals surface area (Å²) < 4.78 is 1.08. The van der Waals surface area contributed by atoms with Crippen molar-refractivity contribution < 1.29 is 0 Å². The third kappa shape index (κ3) is 3.88. The van der Waals surface area contributed by atoms with Gasteiger partial charge in [0.05, 0.1) is 11.5 Å². The first-order chi connectivity index (χ1) is 5.59. The van der Waals surface area contributed by atoms with E-state index in [1.54, 1.807) is 0 Å². The maximum Gasteiger partial charge on any atom is 0.0594 e. The van der Waals surface area contributed by atoms with E-state index in [-0.39, 0.29) is 0 Å². The van der Waals surface area contributed by atoms with E-state index in [0.29, 0.717) is 10.6 Å². The SMILES string of the molecule is CC(C=C(Br)Br)[Si](C)(C)C(C)(C)C. The molecule has 0 aliphatic carbocycles. The molecule has 0 spiro atoms. The number of hydrogen-bond acceptors (Lipinski definition) is 0. The summed E-state index contributed by atoms with van der Waals surface area (Å²) in [6.45, 7) is 14.3. The fraction of sp³-hybridized carbons (Fsp3) is 0.800. The van der Waals surface area contributed by atoms with Gasteiger partial charge in [0.1, 0.15) is 0 Å². The molecule has 0 nitrogen and oxygen atoms in total. The highest BCUT2D eigenvalue weighted by Crippen LogP contribution is 2.44. The van der Waals surface area contributed by atoms with Gasteiger partial charge in [0, 0.05) is 0 Å².